The quantitative estimate of drug-likeness (QED) is 0.0779. The van der Waals surface area contributed by atoms with Gasteiger partial charge < -0.3 is 60.3 Å². The molecule has 9 atom stereocenters. The van der Waals surface area contributed by atoms with Gasteiger partial charge in [0.15, 0.2) is 5.75 Å². The average Bonchev–Trinajstić information content (AvgIpc) is 3.39. The van der Waals surface area contributed by atoms with E-state index < -0.39 is 88.8 Å². The number of aromatic hydroxyl groups is 3. The molecule has 5 rings (SSSR count). The molecule has 2 aromatic rings. The van der Waals surface area contributed by atoms with Gasteiger partial charge >= 0.3 is 11.8 Å². The van der Waals surface area contributed by atoms with E-state index in [1.54, 1.807) is 39.8 Å². The molecule has 5 bridgehead atoms. The first-order valence-corrected chi connectivity index (χ1v) is 17.5. The number of phenols is 3. The number of anilines is 1. The van der Waals surface area contributed by atoms with Crippen LogP contribution < -0.4 is 10.1 Å². The van der Waals surface area contributed by atoms with Crippen molar-refractivity contribution in [2.45, 2.75) is 85.6 Å². The Morgan fingerprint density at radius 2 is 1.64 bits per heavy atom. The van der Waals surface area contributed by atoms with E-state index in [1.807, 2.05) is 0 Å². The van der Waals surface area contributed by atoms with E-state index >= 15 is 0 Å². The normalized spacial score (nSPS) is 31.2. The van der Waals surface area contributed by atoms with E-state index in [2.05, 4.69) is 15.8 Å². The number of Topliss-reactive ketones (excluding diaryl/α,β-unsaturated/α-hetero) is 1. The fraction of sp³-hybridized carbons (Fsp3) is 0.487. The van der Waals surface area contributed by atoms with Gasteiger partial charge in [0, 0.05) is 100 Å². The van der Waals surface area contributed by atoms with Crippen LogP contribution in [0.3, 0.4) is 0 Å². The molecule has 3 aliphatic rings. The standard InChI is InChI=1S/C39H51N3O12.Y/c1-17-12-11-13-18(2)38(50)42-29-24(16-41-40-9)33(47)26-27(34(29)48)32(46)22(6)36-28(26)37(49)39(8,54-36)52-15-14-25(51-10)19(3)35(53-23(7)43)21(5)31(45)20(4)30(17)44;/h11-17,19-21,25,30-31,35,44-45H,1-10H3,(H5,40,41,42,46,47,48,49,50);/p-1/b12-11+,15-14+,18-13-;/t17-,19-,20-,21-,25+,30-,31+,35-,39+;/m1./s1. The Bertz CT molecular complexity index is 1930. The number of hydrogen-bond acceptors (Lipinski definition) is 13. The number of carbonyl (C=O) groups excluding carboxylic acids is 3. The van der Waals surface area contributed by atoms with Gasteiger partial charge in [-0.05, 0) is 19.9 Å². The first-order valence-electron chi connectivity index (χ1n) is 17.5. The number of methoxy groups -OCH3 is 1. The Kier molecular flexibility index (Phi) is 15.1. The maximum absolute atomic E-state index is 14.2. The average molecular weight is 842 g/mol. The van der Waals surface area contributed by atoms with E-state index in [9.17, 15) is 39.9 Å². The third kappa shape index (κ3) is 8.86. The smallest absolute Gasteiger partial charge is 0.312 e. The number of benzene rings is 2. The van der Waals surface area contributed by atoms with Crippen molar-refractivity contribution in [3.8, 4) is 23.0 Å². The number of esters is 1. The number of ether oxygens (including phenoxy) is 4. The van der Waals surface area contributed by atoms with Gasteiger partial charge in [-0.15, -0.1) is 7.05 Å². The fourth-order valence-corrected chi connectivity index (χ4v) is 6.99. The molecule has 3 aliphatic heterocycles. The van der Waals surface area contributed by atoms with Gasteiger partial charge in [0.05, 0.1) is 46.8 Å². The zero-order valence-corrected chi connectivity index (χ0v) is 35.5. The molecule has 2 aromatic carbocycles. The van der Waals surface area contributed by atoms with Gasteiger partial charge in [0.1, 0.15) is 23.4 Å². The number of fused-ring (bicyclic) bond motifs is 14. The minimum absolute atomic E-state index is 0. The summed E-state index contributed by atoms with van der Waals surface area (Å²) in [6, 6.07) is 0. The molecule has 0 aliphatic carbocycles. The van der Waals surface area contributed by atoms with Crippen LogP contribution in [-0.4, -0.2) is 93.8 Å². The van der Waals surface area contributed by atoms with Gasteiger partial charge in [-0.2, -0.15) is 0 Å². The van der Waals surface area contributed by atoms with Crippen LogP contribution in [0, 0.1) is 30.6 Å². The van der Waals surface area contributed by atoms with Crippen molar-refractivity contribution in [1.82, 2.24) is 0 Å². The second-order valence-corrected chi connectivity index (χ2v) is 14.1. The van der Waals surface area contributed by atoms with E-state index in [4.69, 9.17) is 18.9 Å². The van der Waals surface area contributed by atoms with Crippen LogP contribution in [0.5, 0.6) is 23.0 Å². The monoisotopic (exact) mass is 841 g/mol. The summed E-state index contributed by atoms with van der Waals surface area (Å²) in [5.74, 6) is -8.54. The largest absolute Gasteiger partial charge is 0.605 e. The van der Waals surface area contributed by atoms with Gasteiger partial charge in [-0.3, -0.25) is 14.4 Å². The second-order valence-electron chi connectivity index (χ2n) is 14.1. The number of hydrogen-bond donors (Lipinski definition) is 6. The zero-order chi connectivity index (χ0) is 40.4. The zero-order valence-electron chi connectivity index (χ0n) is 32.6. The molecule has 0 aromatic heterocycles. The first kappa shape index (κ1) is 45.4. The van der Waals surface area contributed by atoms with Gasteiger partial charge in [0.25, 0.3) is 11.7 Å². The molecule has 55 heavy (non-hydrogen) atoms. The van der Waals surface area contributed by atoms with Crippen molar-refractivity contribution in [2.75, 3.05) is 19.5 Å². The molecule has 15 nitrogen and oxygen atoms in total. The number of aliphatic hydroxyl groups excluding tert-OH is 2. The number of aliphatic hydroxyl groups is 2. The summed E-state index contributed by atoms with van der Waals surface area (Å²) in [4.78, 5) is 39.9. The molecule has 1 radical (unpaired) electrons. The van der Waals surface area contributed by atoms with Gasteiger partial charge in [-0.25, -0.2) is 0 Å². The Morgan fingerprint density at radius 1 is 0.982 bits per heavy atom. The third-order valence-electron chi connectivity index (χ3n) is 10.3. The predicted octanol–water partition coefficient (Wildman–Crippen LogP) is 5.09. The molecule has 0 unspecified atom stereocenters. The summed E-state index contributed by atoms with van der Waals surface area (Å²) < 4.78 is 23.4. The number of amides is 1. The number of nitrogens with one attached hydrogen (secondary N) is 1. The van der Waals surface area contributed by atoms with Crippen molar-refractivity contribution in [2.24, 2.45) is 28.8 Å². The molecule has 0 fully saturated rings. The Labute approximate surface area is 345 Å². The summed E-state index contributed by atoms with van der Waals surface area (Å²) in [6.07, 6.45) is 4.53. The molecule has 297 valence electrons. The summed E-state index contributed by atoms with van der Waals surface area (Å²) in [5, 5.41) is 63.2. The summed E-state index contributed by atoms with van der Waals surface area (Å²) >= 11 is 0. The molecule has 6 N–H and O–H groups in total. The minimum Gasteiger partial charge on any atom is -0.605 e. The van der Waals surface area contributed by atoms with Crippen LogP contribution in [-0.2, 0) is 56.5 Å². The molecule has 0 saturated carbocycles. The van der Waals surface area contributed by atoms with E-state index in [0.29, 0.717) is 0 Å². The maximum atomic E-state index is 14.2. The van der Waals surface area contributed by atoms with Crippen molar-refractivity contribution >= 4 is 40.3 Å². The van der Waals surface area contributed by atoms with Gasteiger partial charge in [0.2, 0.25) is 0 Å². The molecular formula is C39H50N3O12Y-. The number of ketones is 1. The van der Waals surface area contributed by atoms with Crippen LogP contribution in [0.2, 0.25) is 0 Å². The molecule has 16 heteroatoms. The topological polar surface area (TPSA) is 228 Å². The molecule has 0 saturated heterocycles. The van der Waals surface area contributed by atoms with Crippen LogP contribution in [0.4, 0.5) is 5.69 Å². The molecular weight excluding hydrogens is 791 g/mol. The van der Waals surface area contributed by atoms with Crippen LogP contribution in [0.1, 0.15) is 70.0 Å². The Balaban J connectivity index is 0.00000812. The van der Waals surface area contributed by atoms with Crippen molar-refractivity contribution in [1.29, 1.82) is 0 Å². The van der Waals surface area contributed by atoms with Crippen LogP contribution in [0.25, 0.3) is 16.2 Å². The van der Waals surface area contributed by atoms with Crippen molar-refractivity contribution in [3.05, 3.63) is 58.3 Å². The number of nitrogens with zero attached hydrogens (tertiary/aromatic N) is 2. The first-order chi connectivity index (χ1) is 25.3. The van der Waals surface area contributed by atoms with Gasteiger partial charge in [-0.1, -0.05) is 45.9 Å². The summed E-state index contributed by atoms with van der Waals surface area (Å²) in [7, 11) is 2.79. The third-order valence-corrected chi connectivity index (χ3v) is 10.3. The summed E-state index contributed by atoms with van der Waals surface area (Å²) in [6.45, 7) is 12.4. The van der Waals surface area contributed by atoms with Crippen LogP contribution in [0.15, 0.2) is 41.2 Å². The molecule has 3 heterocycles. The van der Waals surface area contributed by atoms with Crippen molar-refractivity contribution in [3.63, 3.8) is 0 Å². The Hall–Kier alpha value is -4.02. The summed E-state index contributed by atoms with van der Waals surface area (Å²) in [5.41, 5.74) is 3.11. The second kappa shape index (κ2) is 18.3. The molecule has 0 spiro atoms. The number of allylic oxidation sites excluding steroid dienone is 2. The molecule has 1 amide bonds. The van der Waals surface area contributed by atoms with E-state index in [0.717, 1.165) is 6.21 Å². The SMILES string of the molecule is C[N-]/N=C/c1c2c(O)c3c(O)c(C)c4c(c3c1O)C(=O)[C@@](C)(O/C=C/[C@H](OC)[C@@H](C)[C@@H](OC(C)=O)[C@H](C)[C@@H](O)[C@H](C)[C@H](O)[C@H](C)/C=C/C=C(/C)C(=O)N2)O4.[Y]. The number of carbonyl (C=O) groups is 3. The van der Waals surface area contributed by atoms with E-state index in [-0.39, 0.29) is 77.2 Å². The number of rotatable bonds is 4. The fourth-order valence-electron chi connectivity index (χ4n) is 6.99. The minimum atomic E-state index is -2.04. The Morgan fingerprint density at radius 3 is 2.24 bits per heavy atom. The van der Waals surface area contributed by atoms with Crippen LogP contribution >= 0.6 is 0 Å². The predicted molar refractivity (Wildman–Crippen MR) is 201 cm³/mol. The van der Waals surface area contributed by atoms with E-state index in [1.165, 1.54) is 60.3 Å². The van der Waals surface area contributed by atoms with Crippen molar-refractivity contribution < 1.29 is 91.6 Å². The number of phenolic OH excluding ortho intramolecular Hbond substituents is 3. The maximum Gasteiger partial charge on any atom is 0.312 e.